The van der Waals surface area contributed by atoms with E-state index < -0.39 is 0 Å². The van der Waals surface area contributed by atoms with E-state index in [0.717, 1.165) is 8.95 Å². The van der Waals surface area contributed by atoms with Gasteiger partial charge in [-0.25, -0.2) is 4.98 Å². The zero-order valence-corrected chi connectivity index (χ0v) is 10.0. The van der Waals surface area contributed by atoms with Gasteiger partial charge in [-0.15, -0.1) is 0 Å². The molecule has 0 aliphatic carbocycles. The Labute approximate surface area is 97.4 Å². The summed E-state index contributed by atoms with van der Waals surface area (Å²) in [6.45, 7) is 0. The van der Waals surface area contributed by atoms with E-state index >= 15 is 0 Å². The second-order valence-electron chi connectivity index (χ2n) is 2.48. The Balaban J connectivity index is 2.25. The monoisotopic (exact) mass is 316 g/mol. The van der Waals surface area contributed by atoms with Crippen molar-refractivity contribution in [3.63, 3.8) is 0 Å². The van der Waals surface area contributed by atoms with Crippen molar-refractivity contribution in [2.24, 2.45) is 0 Å². The number of benzene rings is 1. The van der Waals surface area contributed by atoms with Crippen LogP contribution in [-0.4, -0.2) is 4.98 Å². The van der Waals surface area contributed by atoms with Crippen molar-refractivity contribution in [3.8, 4) is 11.7 Å². The van der Waals surface area contributed by atoms with Crippen LogP contribution in [0.5, 0.6) is 11.7 Å². The molecular formula is C9H4Br2NO2. The quantitative estimate of drug-likeness (QED) is 0.845. The molecule has 0 fully saturated rings. The van der Waals surface area contributed by atoms with Crippen LogP contribution in [-0.2, 0) is 0 Å². The lowest BCUT2D eigenvalue weighted by molar-refractivity contribution is 0.343. The maximum atomic E-state index is 5.36. The molecule has 0 aliphatic rings. The first-order valence-electron chi connectivity index (χ1n) is 3.70. The summed E-state index contributed by atoms with van der Waals surface area (Å²) in [5.41, 5.74) is 0. The Morgan fingerprint density at radius 1 is 1.21 bits per heavy atom. The summed E-state index contributed by atoms with van der Waals surface area (Å²) >= 11 is 6.71. The standard InChI is InChI=1S/C9H4Br2NO2/c10-6-1-7(11)3-8(2-6)14-9-4-12-5-13-9/h1-4H. The molecule has 0 saturated heterocycles. The van der Waals surface area contributed by atoms with E-state index in [1.54, 1.807) is 0 Å². The van der Waals surface area contributed by atoms with Crippen LogP contribution in [0.2, 0.25) is 0 Å². The molecule has 0 atom stereocenters. The van der Waals surface area contributed by atoms with Crippen LogP contribution in [0.15, 0.2) is 37.8 Å². The summed E-state index contributed by atoms with van der Waals surface area (Å²) in [7, 11) is 0. The van der Waals surface area contributed by atoms with Crippen LogP contribution in [0.3, 0.4) is 0 Å². The van der Waals surface area contributed by atoms with Crippen molar-refractivity contribution in [1.29, 1.82) is 0 Å². The van der Waals surface area contributed by atoms with Gasteiger partial charge in [0, 0.05) is 8.95 Å². The highest BCUT2D eigenvalue weighted by atomic mass is 79.9. The first-order valence-corrected chi connectivity index (χ1v) is 5.28. The lowest BCUT2D eigenvalue weighted by Gasteiger charge is -2.02. The number of hydrogen-bond donors (Lipinski definition) is 0. The number of nitrogens with zero attached hydrogens (tertiary/aromatic N) is 1. The lowest BCUT2D eigenvalue weighted by Crippen LogP contribution is -1.81. The molecule has 1 aromatic heterocycles. The predicted octanol–water partition coefficient (Wildman–Crippen LogP) is 3.79. The third-order valence-electron chi connectivity index (χ3n) is 1.42. The van der Waals surface area contributed by atoms with Gasteiger partial charge in [-0.1, -0.05) is 31.9 Å². The summed E-state index contributed by atoms with van der Waals surface area (Å²) in [5.74, 6) is 0.978. The van der Waals surface area contributed by atoms with Crippen LogP contribution in [0, 0.1) is 6.39 Å². The number of rotatable bonds is 2. The molecule has 0 bridgehead atoms. The highest BCUT2D eigenvalue weighted by molar-refractivity contribution is 9.11. The first-order chi connectivity index (χ1) is 6.74. The molecular weight excluding hydrogens is 314 g/mol. The normalized spacial score (nSPS) is 10.1. The molecule has 71 valence electrons. The minimum atomic E-state index is 0.315. The minimum absolute atomic E-state index is 0.315. The van der Waals surface area contributed by atoms with Gasteiger partial charge < -0.3 is 9.15 Å². The van der Waals surface area contributed by atoms with E-state index in [2.05, 4.69) is 43.2 Å². The maximum absolute atomic E-state index is 5.36. The van der Waals surface area contributed by atoms with Gasteiger partial charge in [0.15, 0.2) is 0 Å². The zero-order chi connectivity index (χ0) is 9.97. The zero-order valence-electron chi connectivity index (χ0n) is 6.83. The van der Waals surface area contributed by atoms with Crippen molar-refractivity contribution in [2.45, 2.75) is 0 Å². The first kappa shape index (κ1) is 9.73. The third kappa shape index (κ3) is 2.36. The molecule has 0 unspecified atom stereocenters. The van der Waals surface area contributed by atoms with E-state index in [1.807, 2.05) is 18.2 Å². The highest BCUT2D eigenvalue weighted by Crippen LogP contribution is 2.28. The molecule has 0 spiro atoms. The van der Waals surface area contributed by atoms with Crippen molar-refractivity contribution >= 4 is 31.9 Å². The van der Waals surface area contributed by atoms with Crippen LogP contribution in [0.25, 0.3) is 0 Å². The highest BCUT2D eigenvalue weighted by Gasteiger charge is 2.02. The number of oxazole rings is 1. The molecule has 0 saturated carbocycles. The van der Waals surface area contributed by atoms with Gasteiger partial charge in [-0.2, -0.15) is 0 Å². The van der Waals surface area contributed by atoms with Gasteiger partial charge in [0.2, 0.25) is 0 Å². The van der Waals surface area contributed by atoms with Crippen LogP contribution >= 0.6 is 31.9 Å². The molecule has 2 aromatic rings. The van der Waals surface area contributed by atoms with Gasteiger partial charge in [-0.3, -0.25) is 0 Å². The summed E-state index contributed by atoms with van der Waals surface area (Å²) in [5, 5.41) is 0. The summed E-state index contributed by atoms with van der Waals surface area (Å²) in [6, 6.07) is 5.57. The number of halogens is 2. The van der Waals surface area contributed by atoms with E-state index in [9.17, 15) is 0 Å². The maximum Gasteiger partial charge on any atom is 0.311 e. The van der Waals surface area contributed by atoms with Crippen molar-refractivity contribution < 1.29 is 9.15 Å². The molecule has 2 rings (SSSR count). The number of aromatic nitrogens is 1. The molecule has 1 radical (unpaired) electrons. The molecule has 3 nitrogen and oxygen atoms in total. The van der Waals surface area contributed by atoms with Crippen molar-refractivity contribution in [1.82, 2.24) is 4.98 Å². The van der Waals surface area contributed by atoms with E-state index in [0.29, 0.717) is 11.7 Å². The average molecular weight is 318 g/mol. The molecule has 0 N–H and O–H groups in total. The van der Waals surface area contributed by atoms with Crippen LogP contribution in [0.4, 0.5) is 0 Å². The van der Waals surface area contributed by atoms with Crippen molar-refractivity contribution in [2.75, 3.05) is 0 Å². The Kier molecular flexibility index (Phi) is 2.88. The van der Waals surface area contributed by atoms with Gasteiger partial charge in [0.05, 0.1) is 0 Å². The summed E-state index contributed by atoms with van der Waals surface area (Å²) in [4.78, 5) is 3.62. The van der Waals surface area contributed by atoms with Crippen LogP contribution in [0.1, 0.15) is 0 Å². The van der Waals surface area contributed by atoms with Gasteiger partial charge >= 0.3 is 5.95 Å². The summed E-state index contributed by atoms with van der Waals surface area (Å²) in [6.07, 6.45) is 3.76. The van der Waals surface area contributed by atoms with E-state index in [4.69, 9.17) is 9.15 Å². The fourth-order valence-electron chi connectivity index (χ4n) is 0.928. The topological polar surface area (TPSA) is 35.3 Å². The Morgan fingerprint density at radius 3 is 2.50 bits per heavy atom. The summed E-state index contributed by atoms with van der Waals surface area (Å²) < 4.78 is 12.0. The van der Waals surface area contributed by atoms with E-state index in [-0.39, 0.29) is 0 Å². The SMILES string of the molecule is Brc1cc(Br)cc(Oc2cn[c]o2)c1. The largest absolute Gasteiger partial charge is 0.425 e. The molecule has 14 heavy (non-hydrogen) atoms. The Morgan fingerprint density at radius 2 is 1.93 bits per heavy atom. The molecule has 0 aliphatic heterocycles. The fraction of sp³-hybridized carbons (Fsp3) is 0. The van der Waals surface area contributed by atoms with Gasteiger partial charge in [-0.05, 0) is 18.2 Å². The molecule has 0 amide bonds. The van der Waals surface area contributed by atoms with E-state index in [1.165, 1.54) is 6.20 Å². The average Bonchev–Trinajstić information content (AvgIpc) is 2.54. The Bertz CT molecular complexity index is 408. The van der Waals surface area contributed by atoms with Gasteiger partial charge in [0.25, 0.3) is 6.39 Å². The molecule has 1 aromatic carbocycles. The predicted molar refractivity (Wildman–Crippen MR) is 57.3 cm³/mol. The third-order valence-corrected chi connectivity index (χ3v) is 2.34. The number of ether oxygens (including phenoxy) is 1. The Hall–Kier alpha value is -0.810. The fourth-order valence-corrected chi connectivity index (χ4v) is 2.18. The van der Waals surface area contributed by atoms with Crippen molar-refractivity contribution in [3.05, 3.63) is 39.7 Å². The second kappa shape index (κ2) is 4.14. The minimum Gasteiger partial charge on any atom is -0.425 e. The number of hydrogen-bond acceptors (Lipinski definition) is 3. The van der Waals surface area contributed by atoms with Crippen LogP contribution < -0.4 is 4.74 Å². The molecule has 1 heterocycles. The lowest BCUT2D eigenvalue weighted by atomic mass is 10.3. The van der Waals surface area contributed by atoms with Gasteiger partial charge in [0.1, 0.15) is 11.9 Å². The second-order valence-corrected chi connectivity index (χ2v) is 4.31. The smallest absolute Gasteiger partial charge is 0.311 e. The molecule has 5 heteroatoms.